The number of hydrogen-bond donors (Lipinski definition) is 1. The normalized spacial score (nSPS) is 14.2. The highest BCUT2D eigenvalue weighted by Gasteiger charge is 2.16. The zero-order valence-corrected chi connectivity index (χ0v) is 12.1. The number of aromatic nitrogens is 1. The van der Waals surface area contributed by atoms with Crippen LogP contribution >= 0.6 is 0 Å². The number of rotatable bonds is 8. The van der Waals surface area contributed by atoms with Crippen molar-refractivity contribution in [1.29, 1.82) is 0 Å². The summed E-state index contributed by atoms with van der Waals surface area (Å²) in [5.74, 6) is 1.37. The number of nitrogens with zero attached hydrogens (tertiary/aromatic N) is 1. The Kier molecular flexibility index (Phi) is 6.73. The Morgan fingerprint density at radius 2 is 2.11 bits per heavy atom. The first-order valence-corrected chi connectivity index (χ1v) is 6.93. The molecule has 1 N–H and O–H groups in total. The topological polar surface area (TPSA) is 34.1 Å². The lowest BCUT2D eigenvalue weighted by Gasteiger charge is -2.24. The molecule has 0 radical (unpaired) electrons. The summed E-state index contributed by atoms with van der Waals surface area (Å²) in [5, 5.41) is 3.59. The van der Waals surface area contributed by atoms with Gasteiger partial charge in [0.05, 0.1) is 7.11 Å². The van der Waals surface area contributed by atoms with Crippen LogP contribution in [0.2, 0.25) is 0 Å². The minimum Gasteiger partial charge on any atom is -0.481 e. The van der Waals surface area contributed by atoms with Crippen molar-refractivity contribution in [1.82, 2.24) is 10.3 Å². The molecule has 0 aliphatic heterocycles. The summed E-state index contributed by atoms with van der Waals surface area (Å²) < 4.78 is 5.08. The van der Waals surface area contributed by atoms with Crippen LogP contribution in [0.15, 0.2) is 18.3 Å². The predicted molar refractivity (Wildman–Crippen MR) is 76.0 cm³/mol. The molecule has 1 aromatic rings. The second-order valence-electron chi connectivity index (χ2n) is 4.84. The van der Waals surface area contributed by atoms with E-state index in [1.165, 1.54) is 18.4 Å². The summed E-state index contributed by atoms with van der Waals surface area (Å²) >= 11 is 0. The highest BCUT2D eigenvalue weighted by atomic mass is 16.5. The summed E-state index contributed by atoms with van der Waals surface area (Å²) in [5.41, 5.74) is 1.27. The smallest absolute Gasteiger partial charge is 0.212 e. The number of likely N-dealkylation sites (N-methyl/N-ethyl adjacent to an activating group) is 1. The number of methoxy groups -OCH3 is 1. The van der Waals surface area contributed by atoms with Gasteiger partial charge in [-0.3, -0.25) is 0 Å². The molecule has 2 unspecified atom stereocenters. The maximum absolute atomic E-state index is 5.08. The Bertz CT molecular complexity index is 324. The molecule has 0 aliphatic carbocycles. The third kappa shape index (κ3) is 4.65. The van der Waals surface area contributed by atoms with Crippen LogP contribution in [0.25, 0.3) is 0 Å². The molecule has 0 aliphatic rings. The Morgan fingerprint density at radius 3 is 2.61 bits per heavy atom. The van der Waals surface area contributed by atoms with Crippen LogP contribution in [0.3, 0.4) is 0 Å². The molecule has 3 heteroatoms. The number of hydrogen-bond acceptors (Lipinski definition) is 3. The summed E-state index contributed by atoms with van der Waals surface area (Å²) in [7, 11) is 1.65. The summed E-state index contributed by atoms with van der Waals surface area (Å²) in [4.78, 5) is 4.27. The lowest BCUT2D eigenvalue weighted by atomic mass is 9.92. The van der Waals surface area contributed by atoms with Gasteiger partial charge >= 0.3 is 0 Å². The molecule has 0 amide bonds. The lowest BCUT2D eigenvalue weighted by molar-refractivity contribution is 0.357. The molecule has 0 fully saturated rings. The summed E-state index contributed by atoms with van der Waals surface area (Å²) in [6.45, 7) is 7.75. The molecule has 1 aromatic heterocycles. The fraction of sp³-hybridized carbons (Fsp3) is 0.667. The van der Waals surface area contributed by atoms with E-state index in [-0.39, 0.29) is 0 Å². The molecule has 0 bridgehead atoms. The standard InChI is InChI=1S/C15H26N2O/c1-5-7-12(3)14(16-6-2)10-13-8-9-15(18-4)17-11-13/h8-9,11-12,14,16H,5-7,10H2,1-4H3. The van der Waals surface area contributed by atoms with Crippen LogP contribution in [0.1, 0.15) is 39.2 Å². The molecule has 2 atom stereocenters. The predicted octanol–water partition coefficient (Wildman–Crippen LogP) is 3.05. The summed E-state index contributed by atoms with van der Waals surface area (Å²) in [6.07, 6.45) is 5.46. The van der Waals surface area contributed by atoms with E-state index in [4.69, 9.17) is 4.74 Å². The van der Waals surface area contributed by atoms with Gasteiger partial charge in [-0.2, -0.15) is 0 Å². The van der Waals surface area contributed by atoms with E-state index in [2.05, 4.69) is 37.1 Å². The van der Waals surface area contributed by atoms with Crippen LogP contribution < -0.4 is 10.1 Å². The van der Waals surface area contributed by atoms with E-state index >= 15 is 0 Å². The lowest BCUT2D eigenvalue weighted by Crippen LogP contribution is -2.36. The van der Waals surface area contributed by atoms with Crippen LogP contribution in [0.5, 0.6) is 5.88 Å². The molecule has 1 rings (SSSR count). The molecule has 0 spiro atoms. The van der Waals surface area contributed by atoms with E-state index in [0.29, 0.717) is 17.8 Å². The third-order valence-electron chi connectivity index (χ3n) is 3.36. The van der Waals surface area contributed by atoms with E-state index in [1.54, 1.807) is 7.11 Å². The second-order valence-corrected chi connectivity index (χ2v) is 4.84. The van der Waals surface area contributed by atoms with E-state index < -0.39 is 0 Å². The molecule has 1 heterocycles. The van der Waals surface area contributed by atoms with Crippen molar-refractivity contribution < 1.29 is 4.74 Å². The molecule has 0 saturated carbocycles. The Labute approximate surface area is 111 Å². The van der Waals surface area contributed by atoms with Gasteiger partial charge in [-0.05, 0) is 30.9 Å². The molecule has 0 saturated heterocycles. The maximum atomic E-state index is 5.08. The van der Waals surface area contributed by atoms with Crippen LogP contribution in [-0.4, -0.2) is 24.7 Å². The van der Waals surface area contributed by atoms with Gasteiger partial charge in [0, 0.05) is 18.3 Å². The minimum atomic E-state index is 0.533. The highest BCUT2D eigenvalue weighted by Crippen LogP contribution is 2.16. The monoisotopic (exact) mass is 250 g/mol. The first-order valence-electron chi connectivity index (χ1n) is 6.93. The Morgan fingerprint density at radius 1 is 1.33 bits per heavy atom. The van der Waals surface area contributed by atoms with Gasteiger partial charge in [0.1, 0.15) is 0 Å². The molecule has 0 aromatic carbocycles. The molecule has 3 nitrogen and oxygen atoms in total. The van der Waals surface area contributed by atoms with Gasteiger partial charge < -0.3 is 10.1 Å². The largest absolute Gasteiger partial charge is 0.481 e. The van der Waals surface area contributed by atoms with Gasteiger partial charge in [-0.15, -0.1) is 0 Å². The Hall–Kier alpha value is -1.09. The van der Waals surface area contributed by atoms with Crippen molar-refractivity contribution in [2.75, 3.05) is 13.7 Å². The molecular formula is C15H26N2O. The quantitative estimate of drug-likeness (QED) is 0.770. The van der Waals surface area contributed by atoms with Crippen molar-refractivity contribution >= 4 is 0 Å². The van der Waals surface area contributed by atoms with Gasteiger partial charge in [0.15, 0.2) is 0 Å². The Balaban J connectivity index is 2.63. The fourth-order valence-electron chi connectivity index (χ4n) is 2.30. The van der Waals surface area contributed by atoms with E-state index in [9.17, 15) is 0 Å². The first-order chi connectivity index (χ1) is 8.71. The molecule has 18 heavy (non-hydrogen) atoms. The van der Waals surface area contributed by atoms with Gasteiger partial charge in [0.25, 0.3) is 0 Å². The van der Waals surface area contributed by atoms with Gasteiger partial charge in [0.2, 0.25) is 5.88 Å². The average Bonchev–Trinajstić information content (AvgIpc) is 2.39. The molecule has 102 valence electrons. The second kappa shape index (κ2) is 8.09. The van der Waals surface area contributed by atoms with Crippen molar-refractivity contribution in [2.24, 2.45) is 5.92 Å². The highest BCUT2D eigenvalue weighted by molar-refractivity contribution is 5.18. The summed E-state index contributed by atoms with van der Waals surface area (Å²) in [6, 6.07) is 4.57. The van der Waals surface area contributed by atoms with Gasteiger partial charge in [-0.25, -0.2) is 4.98 Å². The van der Waals surface area contributed by atoms with Gasteiger partial charge in [-0.1, -0.05) is 33.3 Å². The third-order valence-corrected chi connectivity index (χ3v) is 3.36. The zero-order valence-electron chi connectivity index (χ0n) is 12.1. The zero-order chi connectivity index (χ0) is 13.4. The molecular weight excluding hydrogens is 224 g/mol. The fourth-order valence-corrected chi connectivity index (χ4v) is 2.30. The SMILES string of the molecule is CCCC(C)C(Cc1ccc(OC)nc1)NCC. The van der Waals surface area contributed by atoms with Crippen molar-refractivity contribution in [2.45, 2.75) is 46.1 Å². The maximum Gasteiger partial charge on any atom is 0.212 e. The van der Waals surface area contributed by atoms with Crippen molar-refractivity contribution in [3.8, 4) is 5.88 Å². The van der Waals surface area contributed by atoms with Crippen molar-refractivity contribution in [3.05, 3.63) is 23.9 Å². The minimum absolute atomic E-state index is 0.533. The average molecular weight is 250 g/mol. The van der Waals surface area contributed by atoms with Crippen LogP contribution in [0, 0.1) is 5.92 Å². The van der Waals surface area contributed by atoms with Crippen LogP contribution in [0.4, 0.5) is 0 Å². The number of ether oxygens (including phenoxy) is 1. The first kappa shape index (κ1) is 15.0. The number of nitrogens with one attached hydrogen (secondary N) is 1. The van der Waals surface area contributed by atoms with E-state index in [1.807, 2.05) is 12.3 Å². The number of pyridine rings is 1. The van der Waals surface area contributed by atoms with E-state index in [0.717, 1.165) is 13.0 Å². The van der Waals surface area contributed by atoms with Crippen LogP contribution in [-0.2, 0) is 6.42 Å². The van der Waals surface area contributed by atoms with Crippen molar-refractivity contribution in [3.63, 3.8) is 0 Å².